The third-order valence-electron chi connectivity index (χ3n) is 9.09. The van der Waals surface area contributed by atoms with Crippen LogP contribution in [0, 0.1) is 0 Å². The van der Waals surface area contributed by atoms with Gasteiger partial charge in [0.15, 0.2) is 11.6 Å². The normalized spacial score (nSPS) is 12.4. The Kier molecular flexibility index (Phi) is 6.98. The first-order chi connectivity index (χ1) is 24.7. The highest BCUT2D eigenvalue weighted by Gasteiger charge is 2.20. The monoisotopic (exact) mass is 646 g/mol. The molecule has 0 N–H and O–H groups in total. The Balaban J connectivity index is 1.24. The summed E-state index contributed by atoms with van der Waals surface area (Å²) in [4.78, 5) is 19.3. The van der Waals surface area contributed by atoms with Crippen LogP contribution >= 0.6 is 0 Å². The van der Waals surface area contributed by atoms with Gasteiger partial charge in [-0.05, 0) is 43.1 Å². The van der Waals surface area contributed by atoms with Crippen molar-refractivity contribution in [2.75, 3.05) is 7.05 Å². The van der Waals surface area contributed by atoms with E-state index in [1.807, 2.05) is 83.5 Å². The van der Waals surface area contributed by atoms with Crippen molar-refractivity contribution in [3.8, 4) is 28.5 Å². The molecule has 0 atom stereocenters. The molecule has 238 valence electrons. The fourth-order valence-electron chi connectivity index (χ4n) is 6.87. The van der Waals surface area contributed by atoms with Crippen LogP contribution in [0.2, 0.25) is 0 Å². The zero-order chi connectivity index (χ0) is 33.6. The average molecular weight is 647 g/mol. The maximum Gasteiger partial charge on any atom is 0.237 e. The summed E-state index contributed by atoms with van der Waals surface area (Å²) in [6.45, 7) is 3.94. The van der Waals surface area contributed by atoms with Gasteiger partial charge in [0, 0.05) is 39.7 Å². The zero-order valence-corrected chi connectivity index (χ0v) is 27.2. The Morgan fingerprint density at radius 3 is 1.62 bits per heavy atom. The molecular weight excluding hydrogens is 617 g/mol. The van der Waals surface area contributed by atoms with Crippen molar-refractivity contribution in [1.29, 1.82) is 0 Å². The summed E-state index contributed by atoms with van der Waals surface area (Å²) in [5.74, 6) is 2.36. The predicted molar refractivity (Wildman–Crippen MR) is 206 cm³/mol. The van der Waals surface area contributed by atoms with Crippen LogP contribution in [0.5, 0.6) is 0 Å². The molecule has 0 amide bonds. The molecule has 0 aliphatic heterocycles. The van der Waals surface area contributed by atoms with Crippen molar-refractivity contribution in [2.45, 2.75) is 0 Å². The number of fused-ring (bicyclic) bond motifs is 6. The van der Waals surface area contributed by atoms with E-state index in [1.54, 1.807) is 7.05 Å². The molecule has 0 aliphatic rings. The van der Waals surface area contributed by atoms with Crippen LogP contribution in [0.25, 0.3) is 72.1 Å². The number of aliphatic imine (C=N–C) groups is 3. The molecule has 0 radical (unpaired) electrons. The van der Waals surface area contributed by atoms with E-state index in [-0.39, 0.29) is 0 Å². The number of rotatable bonds is 3. The lowest BCUT2D eigenvalue weighted by Gasteiger charge is -2.11. The Bertz CT molecular complexity index is 2730. The second kappa shape index (κ2) is 11.9. The highest BCUT2D eigenvalue weighted by atomic mass is 15.4. The van der Waals surface area contributed by atoms with Crippen LogP contribution < -0.4 is 0 Å². The molecule has 0 bridgehead atoms. The summed E-state index contributed by atoms with van der Waals surface area (Å²) in [7, 11) is 1.76. The van der Waals surface area contributed by atoms with E-state index in [4.69, 9.17) is 20.1 Å². The molecule has 8 heteroatoms. The Hall–Kier alpha value is -6.93. The van der Waals surface area contributed by atoms with Gasteiger partial charge in [0.2, 0.25) is 11.9 Å². The Labute approximate surface area is 287 Å². The van der Waals surface area contributed by atoms with E-state index in [0.717, 1.165) is 66.3 Å². The lowest BCUT2D eigenvalue weighted by molar-refractivity contribution is 0.892. The second-order valence-corrected chi connectivity index (χ2v) is 11.9. The van der Waals surface area contributed by atoms with Crippen LogP contribution in [0.15, 0.2) is 167 Å². The van der Waals surface area contributed by atoms with E-state index in [0.29, 0.717) is 17.7 Å². The third kappa shape index (κ3) is 4.65. The molecule has 0 saturated carbocycles. The number of aromatic nitrogens is 5. The summed E-state index contributed by atoms with van der Waals surface area (Å²) in [5, 5.41) is 9.38. The molecule has 0 saturated heterocycles. The minimum absolute atomic E-state index is 0.439. The van der Waals surface area contributed by atoms with Gasteiger partial charge in [-0.1, -0.05) is 115 Å². The van der Waals surface area contributed by atoms with Crippen LogP contribution in [0.4, 0.5) is 0 Å². The topological polar surface area (TPSA) is 77.7 Å². The molecule has 9 aromatic rings. The van der Waals surface area contributed by atoms with Crippen LogP contribution in [-0.2, 0) is 0 Å². The number of hydrogen-bond donors (Lipinski definition) is 0. The Morgan fingerprint density at radius 2 is 1.04 bits per heavy atom. The van der Waals surface area contributed by atoms with E-state index in [2.05, 4.69) is 93.6 Å². The summed E-state index contributed by atoms with van der Waals surface area (Å²) < 4.78 is 6.07. The standard InChI is InChI=1S/C42H30N8/c1-43-41(48-35-22-12-9-19-31(35)32-20-10-13-23-36(32)48)46-42(44-2)49-37-24-14-11-21-33(37)34-27-30(25-26-38(34)49)50-40(29-17-7-4-8-18-29)45-39(47-50)28-15-5-3-6-16-28/h3-27H,1H2,2H3. The number of nitrogens with zero attached hydrogens (tertiary/aromatic N) is 8. The van der Waals surface area contributed by atoms with Gasteiger partial charge in [-0.25, -0.2) is 14.7 Å². The highest BCUT2D eigenvalue weighted by molar-refractivity contribution is 6.18. The maximum absolute atomic E-state index is 5.11. The van der Waals surface area contributed by atoms with Gasteiger partial charge in [-0.15, -0.1) is 5.10 Å². The van der Waals surface area contributed by atoms with Gasteiger partial charge in [0.1, 0.15) is 0 Å². The molecule has 6 aromatic carbocycles. The summed E-state index contributed by atoms with van der Waals surface area (Å²) in [6, 6.07) is 51.4. The van der Waals surface area contributed by atoms with Crippen LogP contribution in [0.3, 0.4) is 0 Å². The van der Waals surface area contributed by atoms with E-state index >= 15 is 0 Å². The zero-order valence-electron chi connectivity index (χ0n) is 27.2. The van der Waals surface area contributed by atoms with Crippen LogP contribution in [0.1, 0.15) is 0 Å². The third-order valence-corrected chi connectivity index (χ3v) is 9.09. The van der Waals surface area contributed by atoms with Crippen molar-refractivity contribution >= 4 is 62.2 Å². The first kappa shape index (κ1) is 29.2. The average Bonchev–Trinajstić information content (AvgIpc) is 3.87. The number of benzene rings is 6. The van der Waals surface area contributed by atoms with Crippen molar-refractivity contribution in [3.05, 3.63) is 152 Å². The highest BCUT2D eigenvalue weighted by Crippen LogP contribution is 2.34. The molecule has 50 heavy (non-hydrogen) atoms. The van der Waals surface area contributed by atoms with Gasteiger partial charge < -0.3 is 0 Å². The van der Waals surface area contributed by atoms with Crippen molar-refractivity contribution in [3.63, 3.8) is 0 Å². The van der Waals surface area contributed by atoms with E-state index < -0.39 is 0 Å². The molecule has 0 aliphatic carbocycles. The fraction of sp³-hybridized carbons (Fsp3) is 0.0238. The predicted octanol–water partition coefficient (Wildman–Crippen LogP) is 9.26. The number of hydrogen-bond acceptors (Lipinski definition) is 3. The SMILES string of the molecule is C=NC(=NC(=NC)n1c2ccccc2c2cc(-n3nc(-c4ccccc4)nc3-c3ccccc3)ccc21)n1c2ccccc2c2ccccc21. The molecule has 3 heterocycles. The van der Waals surface area contributed by atoms with Gasteiger partial charge in [-0.2, -0.15) is 4.99 Å². The summed E-state index contributed by atoms with van der Waals surface area (Å²) >= 11 is 0. The van der Waals surface area contributed by atoms with Gasteiger partial charge in [-0.3, -0.25) is 14.1 Å². The first-order valence-electron chi connectivity index (χ1n) is 16.4. The number of para-hydroxylation sites is 3. The minimum atomic E-state index is 0.439. The molecule has 9 rings (SSSR count). The van der Waals surface area contributed by atoms with Crippen molar-refractivity contribution in [2.24, 2.45) is 15.0 Å². The van der Waals surface area contributed by atoms with Crippen molar-refractivity contribution in [1.82, 2.24) is 23.9 Å². The molecule has 8 nitrogen and oxygen atoms in total. The van der Waals surface area contributed by atoms with E-state index in [9.17, 15) is 0 Å². The lowest BCUT2D eigenvalue weighted by atomic mass is 10.1. The van der Waals surface area contributed by atoms with E-state index in [1.165, 1.54) is 0 Å². The maximum atomic E-state index is 5.11. The Morgan fingerprint density at radius 1 is 0.540 bits per heavy atom. The van der Waals surface area contributed by atoms with Gasteiger partial charge >= 0.3 is 0 Å². The fourth-order valence-corrected chi connectivity index (χ4v) is 6.87. The van der Waals surface area contributed by atoms with Crippen molar-refractivity contribution < 1.29 is 0 Å². The molecular formula is C42H30N8. The van der Waals surface area contributed by atoms with Gasteiger partial charge in [0.05, 0.1) is 27.8 Å². The quantitative estimate of drug-likeness (QED) is 0.142. The minimum Gasteiger partial charge on any atom is -0.278 e. The summed E-state index contributed by atoms with van der Waals surface area (Å²) in [6.07, 6.45) is 0. The lowest BCUT2D eigenvalue weighted by Crippen LogP contribution is -2.16. The smallest absolute Gasteiger partial charge is 0.237 e. The largest absolute Gasteiger partial charge is 0.278 e. The molecule has 0 fully saturated rings. The summed E-state index contributed by atoms with van der Waals surface area (Å²) in [5.41, 5.74) is 6.76. The van der Waals surface area contributed by atoms with Gasteiger partial charge in [0.25, 0.3) is 0 Å². The molecule has 0 unspecified atom stereocenters. The second-order valence-electron chi connectivity index (χ2n) is 11.9. The molecule has 0 spiro atoms. The first-order valence-corrected chi connectivity index (χ1v) is 16.4. The molecule has 3 aromatic heterocycles. The van der Waals surface area contributed by atoms with Crippen LogP contribution in [-0.4, -0.2) is 49.6 Å².